The lowest BCUT2D eigenvalue weighted by Gasteiger charge is -2.11. The zero-order valence-corrected chi connectivity index (χ0v) is 16.9. The third kappa shape index (κ3) is 3.61. The molecular formula is C23H19ClN4O. The van der Waals surface area contributed by atoms with Crippen LogP contribution < -0.4 is 0 Å². The van der Waals surface area contributed by atoms with E-state index in [1.165, 1.54) is 4.52 Å². The number of nitrogens with zero attached hydrogens (tertiary/aromatic N) is 4. The molecule has 5 nitrogen and oxygen atoms in total. The number of aromatic nitrogens is 3. The van der Waals surface area contributed by atoms with E-state index >= 15 is 0 Å². The Labute approximate surface area is 174 Å². The number of rotatable bonds is 5. The summed E-state index contributed by atoms with van der Waals surface area (Å²) in [5, 5.41) is 14.8. The number of benzene rings is 2. The molecule has 29 heavy (non-hydrogen) atoms. The highest BCUT2D eigenvalue weighted by molar-refractivity contribution is 6.32. The van der Waals surface area contributed by atoms with Crippen molar-refractivity contribution < 1.29 is 4.74 Å². The predicted octanol–water partition coefficient (Wildman–Crippen LogP) is 5.51. The average Bonchev–Trinajstić information content (AvgIpc) is 3.20. The Morgan fingerprint density at radius 2 is 1.76 bits per heavy atom. The monoisotopic (exact) mass is 402 g/mol. The van der Waals surface area contributed by atoms with E-state index in [0.717, 1.165) is 22.3 Å². The molecule has 144 valence electrons. The van der Waals surface area contributed by atoms with Gasteiger partial charge in [0.05, 0.1) is 6.61 Å². The SMILES string of the molecule is Cc1c(-c2ccccc2)c(Cl)n2nc(C(C)OCc3ccccc3)nc2c1C#N. The van der Waals surface area contributed by atoms with Gasteiger partial charge in [0.25, 0.3) is 0 Å². The van der Waals surface area contributed by atoms with Crippen LogP contribution in [0.4, 0.5) is 0 Å². The Balaban J connectivity index is 1.75. The second-order valence-electron chi connectivity index (χ2n) is 6.79. The summed E-state index contributed by atoms with van der Waals surface area (Å²) < 4.78 is 7.47. The average molecular weight is 403 g/mol. The maximum absolute atomic E-state index is 9.77. The number of ether oxygens (including phenoxy) is 1. The van der Waals surface area contributed by atoms with E-state index in [9.17, 15) is 5.26 Å². The Bertz CT molecular complexity index is 1200. The first-order valence-corrected chi connectivity index (χ1v) is 9.67. The Hall–Kier alpha value is -3.20. The summed E-state index contributed by atoms with van der Waals surface area (Å²) in [5.74, 6) is 0.490. The van der Waals surface area contributed by atoms with Gasteiger partial charge in [0.15, 0.2) is 11.5 Å². The minimum absolute atomic E-state index is 0.349. The Morgan fingerprint density at radius 1 is 1.10 bits per heavy atom. The fourth-order valence-corrected chi connectivity index (χ4v) is 3.67. The van der Waals surface area contributed by atoms with Gasteiger partial charge < -0.3 is 4.74 Å². The molecule has 0 radical (unpaired) electrons. The summed E-state index contributed by atoms with van der Waals surface area (Å²) >= 11 is 6.71. The molecule has 1 unspecified atom stereocenters. The molecule has 0 spiro atoms. The van der Waals surface area contributed by atoms with Crippen molar-refractivity contribution in [1.29, 1.82) is 5.26 Å². The van der Waals surface area contributed by atoms with Gasteiger partial charge in [-0.3, -0.25) is 0 Å². The summed E-state index contributed by atoms with van der Waals surface area (Å²) in [6.45, 7) is 4.23. The van der Waals surface area contributed by atoms with Crippen molar-refractivity contribution in [3.8, 4) is 17.2 Å². The number of hydrogen-bond donors (Lipinski definition) is 0. The molecule has 4 aromatic rings. The van der Waals surface area contributed by atoms with Crippen LogP contribution in [0.1, 0.15) is 35.5 Å². The van der Waals surface area contributed by atoms with Crippen molar-refractivity contribution in [2.75, 3.05) is 0 Å². The predicted molar refractivity (Wildman–Crippen MR) is 113 cm³/mol. The third-order valence-corrected chi connectivity index (χ3v) is 5.22. The third-order valence-electron chi connectivity index (χ3n) is 4.87. The van der Waals surface area contributed by atoms with Crippen LogP contribution in [0.15, 0.2) is 60.7 Å². The van der Waals surface area contributed by atoms with Crippen LogP contribution in [0.25, 0.3) is 16.8 Å². The number of fused-ring (bicyclic) bond motifs is 1. The van der Waals surface area contributed by atoms with E-state index in [1.807, 2.05) is 74.5 Å². The molecule has 0 fully saturated rings. The molecule has 2 aromatic heterocycles. The summed E-state index contributed by atoms with van der Waals surface area (Å²) in [6.07, 6.45) is -0.349. The van der Waals surface area contributed by atoms with Crippen molar-refractivity contribution >= 4 is 17.2 Å². The van der Waals surface area contributed by atoms with E-state index in [1.54, 1.807) is 0 Å². The highest BCUT2D eigenvalue weighted by Crippen LogP contribution is 2.35. The molecule has 2 heterocycles. The van der Waals surface area contributed by atoms with E-state index in [4.69, 9.17) is 16.3 Å². The maximum atomic E-state index is 9.77. The first kappa shape index (κ1) is 19.1. The van der Waals surface area contributed by atoms with Gasteiger partial charge in [-0.2, -0.15) is 9.78 Å². The first-order chi connectivity index (χ1) is 14.1. The van der Waals surface area contributed by atoms with Gasteiger partial charge >= 0.3 is 0 Å². The van der Waals surface area contributed by atoms with E-state index in [2.05, 4.69) is 16.2 Å². The van der Waals surface area contributed by atoms with Crippen molar-refractivity contribution in [3.05, 3.63) is 88.3 Å². The maximum Gasteiger partial charge on any atom is 0.180 e. The summed E-state index contributed by atoms with van der Waals surface area (Å²) in [6, 6.07) is 21.9. The molecule has 4 rings (SSSR count). The molecule has 2 aromatic carbocycles. The van der Waals surface area contributed by atoms with Gasteiger partial charge in [-0.1, -0.05) is 72.3 Å². The molecular weight excluding hydrogens is 384 g/mol. The minimum atomic E-state index is -0.349. The highest BCUT2D eigenvalue weighted by Gasteiger charge is 2.22. The van der Waals surface area contributed by atoms with Crippen LogP contribution in [0.2, 0.25) is 5.15 Å². The lowest BCUT2D eigenvalue weighted by Crippen LogP contribution is -2.03. The van der Waals surface area contributed by atoms with Gasteiger partial charge in [0.2, 0.25) is 0 Å². The lowest BCUT2D eigenvalue weighted by atomic mass is 9.99. The summed E-state index contributed by atoms with van der Waals surface area (Å²) in [4.78, 5) is 4.57. The Morgan fingerprint density at radius 3 is 2.41 bits per heavy atom. The zero-order valence-electron chi connectivity index (χ0n) is 16.1. The smallest absolute Gasteiger partial charge is 0.180 e. The topological polar surface area (TPSA) is 63.2 Å². The molecule has 0 aliphatic carbocycles. The number of halogens is 1. The van der Waals surface area contributed by atoms with E-state index in [-0.39, 0.29) is 6.10 Å². The first-order valence-electron chi connectivity index (χ1n) is 9.30. The molecule has 1 atom stereocenters. The molecule has 0 aliphatic rings. The van der Waals surface area contributed by atoms with Gasteiger partial charge in [-0.25, -0.2) is 4.98 Å². The standard InChI is InChI=1S/C23H19ClN4O/c1-15-19(13-25)23-26-22(16(2)29-14-17-9-5-3-6-10-17)27-28(23)21(24)20(15)18-11-7-4-8-12-18/h3-12,16H,14H2,1-2H3. The number of nitriles is 1. The Kier molecular flexibility index (Phi) is 5.30. The quantitative estimate of drug-likeness (QED) is 0.413. The minimum Gasteiger partial charge on any atom is -0.366 e. The molecule has 6 heteroatoms. The summed E-state index contributed by atoms with van der Waals surface area (Å²) in [7, 11) is 0. The molecule has 0 saturated heterocycles. The molecule has 0 saturated carbocycles. The molecule has 0 bridgehead atoms. The zero-order chi connectivity index (χ0) is 20.4. The largest absolute Gasteiger partial charge is 0.366 e. The van der Waals surface area contributed by atoms with Crippen LogP contribution in [0, 0.1) is 18.3 Å². The van der Waals surface area contributed by atoms with E-state index < -0.39 is 0 Å². The van der Waals surface area contributed by atoms with Gasteiger partial charge in [0.1, 0.15) is 22.9 Å². The fourth-order valence-electron chi connectivity index (χ4n) is 3.30. The molecule has 0 amide bonds. The van der Waals surface area contributed by atoms with Crippen LogP contribution >= 0.6 is 11.6 Å². The van der Waals surface area contributed by atoms with Gasteiger partial charge in [-0.15, -0.1) is 5.10 Å². The van der Waals surface area contributed by atoms with Crippen molar-refractivity contribution in [2.24, 2.45) is 0 Å². The fraction of sp³-hybridized carbons (Fsp3) is 0.174. The van der Waals surface area contributed by atoms with Crippen molar-refractivity contribution in [2.45, 2.75) is 26.6 Å². The van der Waals surface area contributed by atoms with Crippen LogP contribution in [0.3, 0.4) is 0 Å². The van der Waals surface area contributed by atoms with Crippen LogP contribution in [-0.4, -0.2) is 14.6 Å². The normalized spacial score (nSPS) is 12.1. The van der Waals surface area contributed by atoms with Crippen molar-refractivity contribution in [1.82, 2.24) is 14.6 Å². The van der Waals surface area contributed by atoms with Crippen LogP contribution in [0.5, 0.6) is 0 Å². The molecule has 0 N–H and O–H groups in total. The second kappa shape index (κ2) is 8.04. The lowest BCUT2D eigenvalue weighted by molar-refractivity contribution is 0.0469. The van der Waals surface area contributed by atoms with Crippen LogP contribution in [-0.2, 0) is 11.3 Å². The van der Waals surface area contributed by atoms with Gasteiger partial charge in [-0.05, 0) is 30.5 Å². The highest BCUT2D eigenvalue weighted by atomic mass is 35.5. The number of pyridine rings is 1. The van der Waals surface area contributed by atoms with Gasteiger partial charge in [0, 0.05) is 5.56 Å². The van der Waals surface area contributed by atoms with Crippen molar-refractivity contribution in [3.63, 3.8) is 0 Å². The van der Waals surface area contributed by atoms with E-state index in [0.29, 0.717) is 28.8 Å². The number of hydrogen-bond acceptors (Lipinski definition) is 4. The second-order valence-corrected chi connectivity index (χ2v) is 7.15. The summed E-state index contributed by atoms with van der Waals surface area (Å²) in [5.41, 5.74) is 4.47. The molecule has 0 aliphatic heterocycles.